The van der Waals surface area contributed by atoms with Crippen molar-refractivity contribution in [2.75, 3.05) is 20.1 Å². The van der Waals surface area contributed by atoms with E-state index in [0.717, 1.165) is 19.5 Å². The lowest BCUT2D eigenvalue weighted by Gasteiger charge is -2.13. The minimum Gasteiger partial charge on any atom is -0.305 e. The standard InChI is InChI=1S/C10H14N2S/c1-12(7-3-6-11)8-5-10-4-2-9-13-10/h2,4,9H,3,5,7-8H2,1H3. The van der Waals surface area contributed by atoms with Crippen LogP contribution in [-0.2, 0) is 6.42 Å². The van der Waals surface area contributed by atoms with Crippen LogP contribution >= 0.6 is 11.3 Å². The highest BCUT2D eigenvalue weighted by Gasteiger charge is 1.98. The SMILES string of the molecule is CN(CCC#N)CCc1cccs1. The molecule has 0 unspecified atom stereocenters. The van der Waals surface area contributed by atoms with Crippen LogP contribution in [0.2, 0.25) is 0 Å². The summed E-state index contributed by atoms with van der Waals surface area (Å²) >= 11 is 1.80. The lowest BCUT2D eigenvalue weighted by molar-refractivity contribution is 0.347. The van der Waals surface area contributed by atoms with Crippen molar-refractivity contribution in [1.29, 1.82) is 5.26 Å². The van der Waals surface area contributed by atoms with Crippen molar-refractivity contribution in [3.05, 3.63) is 22.4 Å². The molecule has 1 aromatic heterocycles. The summed E-state index contributed by atoms with van der Waals surface area (Å²) < 4.78 is 0. The lowest BCUT2D eigenvalue weighted by Crippen LogP contribution is -2.21. The van der Waals surface area contributed by atoms with Crippen molar-refractivity contribution in [2.24, 2.45) is 0 Å². The molecule has 0 bridgehead atoms. The molecule has 0 saturated heterocycles. The molecule has 0 N–H and O–H groups in total. The summed E-state index contributed by atoms with van der Waals surface area (Å²) in [7, 11) is 2.06. The fourth-order valence-electron chi connectivity index (χ4n) is 1.11. The summed E-state index contributed by atoms with van der Waals surface area (Å²) in [4.78, 5) is 3.62. The third kappa shape index (κ3) is 4.07. The van der Waals surface area contributed by atoms with Gasteiger partial charge in [0, 0.05) is 24.4 Å². The van der Waals surface area contributed by atoms with Crippen LogP contribution in [0.5, 0.6) is 0 Å². The van der Waals surface area contributed by atoms with Gasteiger partial charge in [-0.1, -0.05) is 6.07 Å². The van der Waals surface area contributed by atoms with Crippen molar-refractivity contribution < 1.29 is 0 Å². The smallest absolute Gasteiger partial charge is 0.0635 e. The van der Waals surface area contributed by atoms with Crippen molar-refractivity contribution in [3.63, 3.8) is 0 Å². The van der Waals surface area contributed by atoms with Crippen LogP contribution in [0.1, 0.15) is 11.3 Å². The van der Waals surface area contributed by atoms with E-state index in [1.165, 1.54) is 4.88 Å². The highest BCUT2D eigenvalue weighted by molar-refractivity contribution is 7.09. The number of hydrogen-bond donors (Lipinski definition) is 0. The second-order valence-corrected chi connectivity index (χ2v) is 4.07. The monoisotopic (exact) mass is 194 g/mol. The number of rotatable bonds is 5. The van der Waals surface area contributed by atoms with Gasteiger partial charge in [0.1, 0.15) is 0 Å². The predicted octanol–water partition coefficient (Wildman–Crippen LogP) is 2.14. The molecule has 1 aromatic rings. The maximum Gasteiger partial charge on any atom is 0.0635 e. The van der Waals surface area contributed by atoms with E-state index in [1.54, 1.807) is 11.3 Å². The van der Waals surface area contributed by atoms with Gasteiger partial charge in [0.15, 0.2) is 0 Å². The third-order valence-corrected chi connectivity index (χ3v) is 2.86. The Kier molecular flexibility index (Phi) is 4.52. The van der Waals surface area contributed by atoms with Crippen LogP contribution in [0.15, 0.2) is 17.5 Å². The number of hydrogen-bond acceptors (Lipinski definition) is 3. The first kappa shape index (κ1) is 10.2. The first-order valence-electron chi connectivity index (χ1n) is 4.41. The fourth-order valence-corrected chi connectivity index (χ4v) is 1.81. The maximum atomic E-state index is 8.39. The Morgan fingerprint density at radius 3 is 3.00 bits per heavy atom. The fraction of sp³-hybridized carbons (Fsp3) is 0.500. The molecule has 0 radical (unpaired) electrons. The van der Waals surface area contributed by atoms with E-state index in [0.29, 0.717) is 6.42 Å². The third-order valence-electron chi connectivity index (χ3n) is 1.93. The maximum absolute atomic E-state index is 8.39. The molecular weight excluding hydrogens is 180 g/mol. The van der Waals surface area contributed by atoms with Crippen LogP contribution in [0.25, 0.3) is 0 Å². The summed E-state index contributed by atoms with van der Waals surface area (Å²) in [6.45, 7) is 1.92. The molecule has 1 rings (SSSR count). The van der Waals surface area contributed by atoms with E-state index in [1.807, 2.05) is 0 Å². The molecule has 0 spiro atoms. The Balaban J connectivity index is 2.16. The van der Waals surface area contributed by atoms with E-state index in [-0.39, 0.29) is 0 Å². The topological polar surface area (TPSA) is 27.0 Å². The van der Waals surface area contributed by atoms with E-state index >= 15 is 0 Å². The van der Waals surface area contributed by atoms with Gasteiger partial charge in [-0.15, -0.1) is 11.3 Å². The Morgan fingerprint density at radius 1 is 1.54 bits per heavy atom. The Bertz CT molecular complexity index is 261. The van der Waals surface area contributed by atoms with Gasteiger partial charge in [-0.3, -0.25) is 0 Å². The highest BCUT2D eigenvalue weighted by atomic mass is 32.1. The quantitative estimate of drug-likeness (QED) is 0.718. The molecule has 13 heavy (non-hydrogen) atoms. The van der Waals surface area contributed by atoms with Crippen molar-refractivity contribution >= 4 is 11.3 Å². The highest BCUT2D eigenvalue weighted by Crippen LogP contribution is 2.09. The molecule has 0 aliphatic rings. The summed E-state index contributed by atoms with van der Waals surface area (Å²) in [5, 5.41) is 10.5. The molecule has 70 valence electrons. The van der Waals surface area contributed by atoms with Crippen LogP contribution in [0.4, 0.5) is 0 Å². The number of thiophene rings is 1. The molecule has 0 atom stereocenters. The van der Waals surface area contributed by atoms with E-state index in [2.05, 4.69) is 35.5 Å². The average molecular weight is 194 g/mol. The van der Waals surface area contributed by atoms with Gasteiger partial charge >= 0.3 is 0 Å². The Morgan fingerprint density at radius 2 is 2.38 bits per heavy atom. The normalized spacial score (nSPS) is 10.2. The van der Waals surface area contributed by atoms with Gasteiger partial charge < -0.3 is 4.90 Å². The molecule has 2 nitrogen and oxygen atoms in total. The van der Waals surface area contributed by atoms with Gasteiger partial charge in [-0.25, -0.2) is 0 Å². The van der Waals surface area contributed by atoms with Gasteiger partial charge in [0.25, 0.3) is 0 Å². The molecule has 0 saturated carbocycles. The van der Waals surface area contributed by atoms with Gasteiger partial charge in [-0.05, 0) is 24.9 Å². The zero-order valence-corrected chi connectivity index (χ0v) is 8.68. The molecule has 0 aliphatic carbocycles. The molecule has 3 heteroatoms. The van der Waals surface area contributed by atoms with Gasteiger partial charge in [0.2, 0.25) is 0 Å². The second-order valence-electron chi connectivity index (χ2n) is 3.04. The molecule has 0 aliphatic heterocycles. The second kappa shape index (κ2) is 5.74. The molecule has 0 amide bonds. The van der Waals surface area contributed by atoms with Crippen LogP contribution in [-0.4, -0.2) is 25.0 Å². The van der Waals surface area contributed by atoms with Crippen molar-refractivity contribution in [3.8, 4) is 6.07 Å². The Labute approximate surface area is 83.4 Å². The van der Waals surface area contributed by atoms with Gasteiger partial charge in [0.05, 0.1) is 6.07 Å². The molecule has 0 fully saturated rings. The largest absolute Gasteiger partial charge is 0.305 e. The average Bonchev–Trinajstić information content (AvgIpc) is 2.64. The molecule has 0 aromatic carbocycles. The zero-order valence-electron chi connectivity index (χ0n) is 7.86. The summed E-state index contributed by atoms with van der Waals surface area (Å²) in [5.41, 5.74) is 0. The zero-order chi connectivity index (χ0) is 9.52. The Hall–Kier alpha value is -0.850. The predicted molar refractivity (Wildman–Crippen MR) is 55.8 cm³/mol. The van der Waals surface area contributed by atoms with Crippen LogP contribution in [0.3, 0.4) is 0 Å². The summed E-state index contributed by atoms with van der Waals surface area (Å²) in [6, 6.07) is 6.39. The molecular formula is C10H14N2S. The van der Waals surface area contributed by atoms with Crippen molar-refractivity contribution in [2.45, 2.75) is 12.8 Å². The minimum absolute atomic E-state index is 0.626. The number of nitrogens with zero attached hydrogens (tertiary/aromatic N) is 2. The van der Waals surface area contributed by atoms with Crippen molar-refractivity contribution in [1.82, 2.24) is 4.90 Å². The van der Waals surface area contributed by atoms with E-state index in [4.69, 9.17) is 5.26 Å². The van der Waals surface area contributed by atoms with Crippen LogP contribution in [0, 0.1) is 11.3 Å². The first-order chi connectivity index (χ1) is 6.33. The molecule has 1 heterocycles. The van der Waals surface area contributed by atoms with Gasteiger partial charge in [-0.2, -0.15) is 5.26 Å². The number of likely N-dealkylation sites (N-methyl/N-ethyl adjacent to an activating group) is 1. The summed E-state index contributed by atoms with van der Waals surface area (Å²) in [6.07, 6.45) is 1.72. The van der Waals surface area contributed by atoms with E-state index < -0.39 is 0 Å². The minimum atomic E-state index is 0.626. The van der Waals surface area contributed by atoms with E-state index in [9.17, 15) is 0 Å². The lowest BCUT2D eigenvalue weighted by atomic mass is 10.3. The summed E-state index contributed by atoms with van der Waals surface area (Å²) in [5.74, 6) is 0. The van der Waals surface area contributed by atoms with Crippen LogP contribution < -0.4 is 0 Å². The number of nitriles is 1. The first-order valence-corrected chi connectivity index (χ1v) is 5.29.